The second-order valence-electron chi connectivity index (χ2n) is 4.13. The molecule has 4 atom stereocenters. The van der Waals surface area contributed by atoms with E-state index < -0.39 is 30.4 Å². The number of aliphatic hydroxyl groups excluding tert-OH is 2. The summed E-state index contributed by atoms with van der Waals surface area (Å²) in [4.78, 5) is 11.0. The Labute approximate surface area is 105 Å². The molecule has 1 aliphatic heterocycles. The van der Waals surface area contributed by atoms with Gasteiger partial charge in [0.15, 0.2) is 0 Å². The van der Waals surface area contributed by atoms with Gasteiger partial charge in [-0.3, -0.25) is 4.79 Å². The normalized spacial score (nSPS) is 31.3. The monoisotopic (exact) mass is 250 g/mol. The van der Waals surface area contributed by atoms with Gasteiger partial charge in [0.25, 0.3) is 0 Å². The number of carbonyl (C=O) groups excluding carboxylic acids is 1. The average Bonchev–Trinajstić information content (AvgIpc) is 2.57. The maximum absolute atomic E-state index is 11.0. The van der Waals surface area contributed by atoms with Crippen LogP contribution in [0.4, 0.5) is 0 Å². The molecule has 1 saturated heterocycles. The summed E-state index contributed by atoms with van der Waals surface area (Å²) in [5.74, 6) is -0.185. The topological polar surface area (TPSA) is 76.0 Å². The average molecular weight is 250 g/mol. The van der Waals surface area contributed by atoms with Crippen molar-refractivity contribution in [2.24, 2.45) is 0 Å². The predicted molar refractivity (Wildman–Crippen MR) is 61.7 cm³/mol. The lowest BCUT2D eigenvalue weighted by molar-refractivity contribution is -0.132. The highest BCUT2D eigenvalue weighted by Crippen LogP contribution is 2.37. The summed E-state index contributed by atoms with van der Waals surface area (Å²) in [7, 11) is 0. The number of para-hydroxylation sites is 1. The van der Waals surface area contributed by atoms with Gasteiger partial charge in [-0.2, -0.15) is 0 Å². The summed E-state index contributed by atoms with van der Waals surface area (Å²) in [5, 5.41) is 19.4. The maximum Gasteiger partial charge on any atom is 0.308 e. The summed E-state index contributed by atoms with van der Waals surface area (Å²) < 4.78 is 10.3. The van der Waals surface area contributed by atoms with Gasteiger partial charge in [-0.05, 0) is 13.0 Å². The summed E-state index contributed by atoms with van der Waals surface area (Å²) >= 11 is 0. The molecule has 0 amide bonds. The molecule has 5 heteroatoms. The Bertz CT molecular complexity index is 445. The van der Waals surface area contributed by atoms with Crippen LogP contribution < -0.4 is 4.74 Å². The highest BCUT2D eigenvalue weighted by atomic mass is 16.6. The van der Waals surface area contributed by atoms with Gasteiger partial charge in [-0.1, -0.05) is 18.2 Å². The molecule has 2 N–H and O–H groups in total. The van der Waals surface area contributed by atoms with Crippen LogP contribution in [0.1, 0.15) is 18.6 Å². The van der Waals surface area contributed by atoms with Crippen molar-refractivity contribution in [1.29, 1.82) is 0 Å². The van der Waals surface area contributed by atoms with Gasteiger partial charge < -0.3 is 19.7 Å². The minimum atomic E-state index is -1.17. The first-order valence-electron chi connectivity index (χ1n) is 5.55. The van der Waals surface area contributed by atoms with E-state index in [0.29, 0.717) is 5.56 Å². The lowest BCUT2D eigenvalue weighted by atomic mass is 10.0. The van der Waals surface area contributed by atoms with E-state index in [0.717, 1.165) is 0 Å². The van der Waals surface area contributed by atoms with E-state index in [1.54, 1.807) is 24.3 Å². The zero-order chi connectivity index (χ0) is 13.3. The van der Waals surface area contributed by atoms with E-state index in [9.17, 15) is 15.0 Å². The van der Waals surface area contributed by atoms with Crippen molar-refractivity contribution in [3.8, 4) is 5.75 Å². The number of benzene rings is 1. The molecule has 2 rings (SSSR count). The molecule has 1 aromatic carbocycles. The standard InChI is InChI=1S/C13H14O5/c1-7-11(15)12(16)13(17-7)9-5-3-4-6-10(9)18-8(2)14/h1,3-7,11-13,15-16H,2H3/t7-,11?,12+,13+/m0/s1. The number of esters is 1. The number of hydrogen-bond acceptors (Lipinski definition) is 5. The quantitative estimate of drug-likeness (QED) is 0.590. The third-order valence-corrected chi connectivity index (χ3v) is 2.78. The summed E-state index contributed by atoms with van der Waals surface area (Å²) in [6.45, 7) is 6.79. The highest BCUT2D eigenvalue weighted by molar-refractivity contribution is 5.69. The largest absolute Gasteiger partial charge is 0.426 e. The molecule has 0 saturated carbocycles. The number of aliphatic hydroxyl groups is 2. The van der Waals surface area contributed by atoms with Crippen LogP contribution in [0.5, 0.6) is 5.75 Å². The van der Waals surface area contributed by atoms with Gasteiger partial charge in [-0.25, -0.2) is 0 Å². The molecule has 2 radical (unpaired) electrons. The molecule has 0 aromatic heterocycles. The van der Waals surface area contributed by atoms with Gasteiger partial charge in [0, 0.05) is 12.5 Å². The summed E-state index contributed by atoms with van der Waals surface area (Å²) in [6.07, 6.45) is -4.10. The van der Waals surface area contributed by atoms with Gasteiger partial charge in [-0.15, -0.1) is 0 Å². The van der Waals surface area contributed by atoms with Gasteiger partial charge in [0.05, 0.1) is 6.10 Å². The molecule has 96 valence electrons. The molecular formula is C13H14O5. The number of rotatable bonds is 2. The van der Waals surface area contributed by atoms with Crippen molar-refractivity contribution in [3.63, 3.8) is 0 Å². The molecule has 1 heterocycles. The lowest BCUT2D eigenvalue weighted by Crippen LogP contribution is -2.29. The van der Waals surface area contributed by atoms with Crippen molar-refractivity contribution < 1.29 is 24.5 Å². The minimum absolute atomic E-state index is 0.287. The van der Waals surface area contributed by atoms with Crippen LogP contribution in [0.2, 0.25) is 0 Å². The SMILES string of the molecule is [CH][C@@H]1O[C@H](c2ccccc2OC(C)=O)[C@H](O)C1O. The van der Waals surface area contributed by atoms with E-state index in [2.05, 4.69) is 0 Å². The second-order valence-corrected chi connectivity index (χ2v) is 4.13. The smallest absolute Gasteiger partial charge is 0.308 e. The molecule has 1 fully saturated rings. The minimum Gasteiger partial charge on any atom is -0.426 e. The van der Waals surface area contributed by atoms with E-state index >= 15 is 0 Å². The van der Waals surface area contributed by atoms with Crippen molar-refractivity contribution in [2.45, 2.75) is 31.3 Å². The zero-order valence-corrected chi connectivity index (χ0v) is 9.82. The molecule has 0 bridgehead atoms. The van der Waals surface area contributed by atoms with Crippen LogP contribution in [-0.2, 0) is 9.53 Å². The Morgan fingerprint density at radius 1 is 1.33 bits per heavy atom. The van der Waals surface area contributed by atoms with Crippen molar-refractivity contribution >= 4 is 5.97 Å². The predicted octanol–water partition coefficient (Wildman–Crippen LogP) is 0.485. The third-order valence-electron chi connectivity index (χ3n) is 2.78. The van der Waals surface area contributed by atoms with E-state index in [4.69, 9.17) is 16.4 Å². The Kier molecular flexibility index (Phi) is 3.65. The van der Waals surface area contributed by atoms with Crippen molar-refractivity contribution in [1.82, 2.24) is 0 Å². The molecule has 0 spiro atoms. The van der Waals surface area contributed by atoms with Crippen LogP contribution in [0, 0.1) is 6.92 Å². The van der Waals surface area contributed by atoms with Gasteiger partial charge >= 0.3 is 5.97 Å². The van der Waals surface area contributed by atoms with Crippen molar-refractivity contribution in [2.75, 3.05) is 0 Å². The fourth-order valence-electron chi connectivity index (χ4n) is 1.92. The molecule has 0 aliphatic carbocycles. The van der Waals surface area contributed by atoms with E-state index in [1.807, 2.05) is 0 Å². The van der Waals surface area contributed by atoms with Crippen LogP contribution in [-0.4, -0.2) is 34.5 Å². The molecule has 1 aromatic rings. The van der Waals surface area contributed by atoms with Crippen LogP contribution in [0.25, 0.3) is 0 Å². The van der Waals surface area contributed by atoms with Crippen LogP contribution in [0.15, 0.2) is 24.3 Å². The molecule has 1 unspecified atom stereocenters. The summed E-state index contributed by atoms with van der Waals surface area (Å²) in [5.41, 5.74) is 0.479. The maximum atomic E-state index is 11.0. The van der Waals surface area contributed by atoms with Crippen LogP contribution in [0.3, 0.4) is 0 Å². The van der Waals surface area contributed by atoms with Gasteiger partial charge in [0.1, 0.15) is 24.1 Å². The molecule has 1 aliphatic rings. The molecule has 5 nitrogen and oxygen atoms in total. The highest BCUT2D eigenvalue weighted by Gasteiger charge is 2.42. The molecule has 18 heavy (non-hydrogen) atoms. The third kappa shape index (κ3) is 2.38. The molecular weight excluding hydrogens is 236 g/mol. The Hall–Kier alpha value is -1.43. The fourth-order valence-corrected chi connectivity index (χ4v) is 1.92. The first kappa shape index (κ1) is 13.0. The first-order valence-corrected chi connectivity index (χ1v) is 5.55. The van der Waals surface area contributed by atoms with E-state index in [-0.39, 0.29) is 5.75 Å². The Morgan fingerprint density at radius 2 is 2.00 bits per heavy atom. The Balaban J connectivity index is 2.31. The van der Waals surface area contributed by atoms with E-state index in [1.165, 1.54) is 6.92 Å². The zero-order valence-electron chi connectivity index (χ0n) is 9.82. The van der Waals surface area contributed by atoms with Gasteiger partial charge in [0.2, 0.25) is 0 Å². The second kappa shape index (κ2) is 5.06. The number of hydrogen-bond donors (Lipinski definition) is 2. The summed E-state index contributed by atoms with van der Waals surface area (Å²) in [6, 6.07) is 6.65. The first-order chi connectivity index (χ1) is 8.50. The lowest BCUT2D eigenvalue weighted by Gasteiger charge is -2.17. The number of carbonyl (C=O) groups is 1. The van der Waals surface area contributed by atoms with Crippen molar-refractivity contribution in [3.05, 3.63) is 36.8 Å². The Morgan fingerprint density at radius 3 is 2.56 bits per heavy atom. The van der Waals surface area contributed by atoms with Crippen LogP contribution >= 0.6 is 0 Å². The number of ether oxygens (including phenoxy) is 2. The fraction of sp³-hybridized carbons (Fsp3) is 0.385.